The van der Waals surface area contributed by atoms with Crippen molar-refractivity contribution >= 4 is 16.8 Å². The zero-order chi connectivity index (χ0) is 18.6. The largest absolute Gasteiger partial charge is 0.340 e. The van der Waals surface area contributed by atoms with Gasteiger partial charge in [-0.2, -0.15) is 5.10 Å². The number of nitrogens with zero attached hydrogens (tertiary/aromatic N) is 3. The summed E-state index contributed by atoms with van der Waals surface area (Å²) in [7, 11) is 0. The second kappa shape index (κ2) is 8.37. The Labute approximate surface area is 160 Å². The van der Waals surface area contributed by atoms with E-state index in [-0.39, 0.29) is 5.91 Å². The number of fused-ring (bicyclic) bond motifs is 1. The fourth-order valence-corrected chi connectivity index (χ4v) is 4.39. The maximum absolute atomic E-state index is 12.9. The van der Waals surface area contributed by atoms with Crippen LogP contribution in [0, 0.1) is 0 Å². The molecule has 4 rings (SSSR count). The molecule has 1 unspecified atom stereocenters. The Kier molecular flexibility index (Phi) is 5.71. The van der Waals surface area contributed by atoms with Gasteiger partial charge in [0.15, 0.2) is 0 Å². The fourth-order valence-electron chi connectivity index (χ4n) is 4.39. The van der Waals surface area contributed by atoms with Crippen LogP contribution < -0.4 is 11.1 Å². The molecule has 0 bridgehead atoms. The summed E-state index contributed by atoms with van der Waals surface area (Å²) in [6.45, 7) is 5.86. The van der Waals surface area contributed by atoms with E-state index in [1.165, 1.54) is 12.8 Å². The second-order valence-electron chi connectivity index (χ2n) is 7.80. The molecule has 2 saturated heterocycles. The van der Waals surface area contributed by atoms with Gasteiger partial charge in [0.1, 0.15) is 0 Å². The zero-order valence-corrected chi connectivity index (χ0v) is 15.9. The SMILES string of the molecule is NC(Cc1ccc2[nH]ncc2c1)C(=O)N1CCCN(C2CCNCC2)CC1. The summed E-state index contributed by atoms with van der Waals surface area (Å²) in [5, 5.41) is 11.5. The molecule has 1 aromatic carbocycles. The van der Waals surface area contributed by atoms with Crippen LogP contribution in [0.15, 0.2) is 24.4 Å². The normalized spacial score (nSPS) is 21.3. The highest BCUT2D eigenvalue weighted by atomic mass is 16.2. The Morgan fingerprint density at radius 1 is 1.22 bits per heavy atom. The molecule has 0 spiro atoms. The molecule has 27 heavy (non-hydrogen) atoms. The Morgan fingerprint density at radius 3 is 2.93 bits per heavy atom. The van der Waals surface area contributed by atoms with Crippen LogP contribution in [-0.2, 0) is 11.2 Å². The first-order valence-electron chi connectivity index (χ1n) is 10.1. The quantitative estimate of drug-likeness (QED) is 0.738. The van der Waals surface area contributed by atoms with Crippen molar-refractivity contribution in [3.05, 3.63) is 30.0 Å². The molecule has 146 valence electrons. The maximum atomic E-state index is 12.9. The minimum absolute atomic E-state index is 0.0782. The number of H-pyrrole nitrogens is 1. The van der Waals surface area contributed by atoms with E-state index < -0.39 is 6.04 Å². The number of nitrogens with two attached hydrogens (primary N) is 1. The lowest BCUT2D eigenvalue weighted by Crippen LogP contribution is -2.47. The topological polar surface area (TPSA) is 90.3 Å². The molecule has 7 heteroatoms. The van der Waals surface area contributed by atoms with Crippen molar-refractivity contribution in [2.45, 2.75) is 37.8 Å². The summed E-state index contributed by atoms with van der Waals surface area (Å²) in [6, 6.07) is 6.26. The van der Waals surface area contributed by atoms with Crippen LogP contribution in [0.5, 0.6) is 0 Å². The molecular formula is C20H30N6O. The number of amides is 1. The van der Waals surface area contributed by atoms with E-state index in [9.17, 15) is 4.79 Å². The number of aromatic nitrogens is 2. The summed E-state index contributed by atoms with van der Waals surface area (Å²) >= 11 is 0. The molecule has 0 radical (unpaired) electrons. The molecule has 2 fully saturated rings. The van der Waals surface area contributed by atoms with Crippen LogP contribution >= 0.6 is 0 Å². The Bertz CT molecular complexity index is 769. The maximum Gasteiger partial charge on any atom is 0.239 e. The third-order valence-electron chi connectivity index (χ3n) is 5.94. The van der Waals surface area contributed by atoms with E-state index in [1.54, 1.807) is 6.20 Å². The smallest absolute Gasteiger partial charge is 0.239 e. The Morgan fingerprint density at radius 2 is 2.07 bits per heavy atom. The van der Waals surface area contributed by atoms with Crippen molar-refractivity contribution in [2.75, 3.05) is 39.3 Å². The van der Waals surface area contributed by atoms with Gasteiger partial charge in [0, 0.05) is 37.6 Å². The molecular weight excluding hydrogens is 340 g/mol. The predicted octanol–water partition coefficient (Wildman–Crippen LogP) is 0.719. The third-order valence-corrected chi connectivity index (χ3v) is 5.94. The molecule has 4 N–H and O–H groups in total. The van der Waals surface area contributed by atoms with Gasteiger partial charge in [-0.25, -0.2) is 0 Å². The molecule has 0 saturated carbocycles. The Balaban J connectivity index is 1.33. The highest BCUT2D eigenvalue weighted by molar-refractivity contribution is 5.83. The molecule has 7 nitrogen and oxygen atoms in total. The van der Waals surface area contributed by atoms with Gasteiger partial charge in [-0.05, 0) is 56.5 Å². The third kappa shape index (κ3) is 4.31. The molecule has 1 amide bonds. The van der Waals surface area contributed by atoms with Gasteiger partial charge in [-0.3, -0.25) is 14.8 Å². The average Bonchev–Trinajstić information content (AvgIpc) is 3.02. The summed E-state index contributed by atoms with van der Waals surface area (Å²) < 4.78 is 0. The van der Waals surface area contributed by atoms with E-state index in [0.717, 1.165) is 62.2 Å². The Hall–Kier alpha value is -1.96. The van der Waals surface area contributed by atoms with Crippen LogP contribution in [0.3, 0.4) is 0 Å². The van der Waals surface area contributed by atoms with Gasteiger partial charge in [-0.15, -0.1) is 0 Å². The van der Waals surface area contributed by atoms with E-state index in [4.69, 9.17) is 5.73 Å². The molecule has 3 heterocycles. The van der Waals surface area contributed by atoms with E-state index in [0.29, 0.717) is 12.5 Å². The first-order chi connectivity index (χ1) is 13.2. The molecule has 2 aromatic rings. The van der Waals surface area contributed by atoms with Crippen LogP contribution in [0.25, 0.3) is 10.9 Å². The number of hydrogen-bond acceptors (Lipinski definition) is 5. The fraction of sp³-hybridized carbons (Fsp3) is 0.600. The number of hydrogen-bond donors (Lipinski definition) is 3. The van der Waals surface area contributed by atoms with E-state index >= 15 is 0 Å². The van der Waals surface area contributed by atoms with Gasteiger partial charge in [0.05, 0.1) is 17.8 Å². The second-order valence-corrected chi connectivity index (χ2v) is 7.80. The monoisotopic (exact) mass is 370 g/mol. The molecule has 2 aliphatic rings. The molecule has 0 aliphatic carbocycles. The number of rotatable bonds is 4. The van der Waals surface area contributed by atoms with E-state index in [1.807, 2.05) is 17.0 Å². The first kappa shape index (κ1) is 18.4. The standard InChI is InChI=1S/C20H30N6O/c21-18(13-15-2-3-19-16(12-15)14-23-24-19)20(27)26-9-1-8-25(10-11-26)17-4-6-22-7-5-17/h2-3,12,14,17-18,22H,1,4-11,13,21H2,(H,23,24). The first-order valence-corrected chi connectivity index (χ1v) is 10.1. The minimum atomic E-state index is -0.486. The van der Waals surface area contributed by atoms with Crippen molar-refractivity contribution < 1.29 is 4.79 Å². The molecule has 2 aliphatic heterocycles. The minimum Gasteiger partial charge on any atom is -0.340 e. The number of carbonyl (C=O) groups excluding carboxylic acids is 1. The number of aromatic amines is 1. The summed E-state index contributed by atoms with van der Waals surface area (Å²) in [6.07, 6.45) is 5.82. The average molecular weight is 371 g/mol. The van der Waals surface area contributed by atoms with Gasteiger partial charge < -0.3 is 16.0 Å². The lowest BCUT2D eigenvalue weighted by Gasteiger charge is -2.33. The van der Waals surface area contributed by atoms with Gasteiger partial charge in [0.25, 0.3) is 0 Å². The van der Waals surface area contributed by atoms with Gasteiger partial charge in [-0.1, -0.05) is 6.07 Å². The lowest BCUT2D eigenvalue weighted by molar-refractivity contribution is -0.132. The molecule has 1 aromatic heterocycles. The van der Waals surface area contributed by atoms with Crippen molar-refractivity contribution in [2.24, 2.45) is 5.73 Å². The van der Waals surface area contributed by atoms with Gasteiger partial charge >= 0.3 is 0 Å². The summed E-state index contributed by atoms with van der Waals surface area (Å²) in [4.78, 5) is 17.5. The van der Waals surface area contributed by atoms with Crippen molar-refractivity contribution in [3.8, 4) is 0 Å². The van der Waals surface area contributed by atoms with E-state index in [2.05, 4.69) is 26.5 Å². The highest BCUT2D eigenvalue weighted by Crippen LogP contribution is 2.17. The molecule has 1 atom stereocenters. The van der Waals surface area contributed by atoms with Crippen LogP contribution in [0.1, 0.15) is 24.8 Å². The number of piperidine rings is 1. The number of nitrogens with one attached hydrogen (secondary N) is 2. The highest BCUT2D eigenvalue weighted by Gasteiger charge is 2.27. The van der Waals surface area contributed by atoms with Gasteiger partial charge in [0.2, 0.25) is 5.91 Å². The zero-order valence-electron chi connectivity index (χ0n) is 15.9. The number of benzene rings is 1. The van der Waals surface area contributed by atoms with Crippen LogP contribution in [0.4, 0.5) is 0 Å². The van der Waals surface area contributed by atoms with Crippen molar-refractivity contribution in [1.82, 2.24) is 25.3 Å². The summed E-state index contributed by atoms with van der Waals surface area (Å²) in [5.74, 6) is 0.0782. The predicted molar refractivity (Wildman–Crippen MR) is 106 cm³/mol. The van der Waals surface area contributed by atoms with Crippen LogP contribution in [-0.4, -0.2) is 77.3 Å². The number of carbonyl (C=O) groups is 1. The van der Waals surface area contributed by atoms with Crippen LogP contribution in [0.2, 0.25) is 0 Å². The lowest BCUT2D eigenvalue weighted by atomic mass is 10.0. The van der Waals surface area contributed by atoms with Crippen molar-refractivity contribution in [1.29, 1.82) is 0 Å². The summed E-state index contributed by atoms with van der Waals surface area (Å²) in [5.41, 5.74) is 8.37. The van der Waals surface area contributed by atoms with Crippen molar-refractivity contribution in [3.63, 3.8) is 0 Å².